The number of amides is 1. The van der Waals surface area contributed by atoms with Crippen molar-refractivity contribution >= 4 is 17.2 Å². The molecule has 0 aromatic carbocycles. The van der Waals surface area contributed by atoms with Crippen LogP contribution in [-0.2, 0) is 24.3 Å². The molecule has 28 heavy (non-hydrogen) atoms. The minimum absolute atomic E-state index is 0.00335. The summed E-state index contributed by atoms with van der Waals surface area (Å²) < 4.78 is 0. The second-order valence-electron chi connectivity index (χ2n) is 8.19. The minimum Gasteiger partial charge on any atom is -0.342 e. The Morgan fingerprint density at radius 2 is 2.25 bits per heavy atom. The molecule has 0 aliphatic carbocycles. The summed E-state index contributed by atoms with van der Waals surface area (Å²) in [6.07, 6.45) is 2.73. The van der Waals surface area contributed by atoms with Gasteiger partial charge in [-0.15, -0.1) is 11.3 Å². The van der Waals surface area contributed by atoms with E-state index >= 15 is 0 Å². The number of hydrogen-bond donors (Lipinski definition) is 1. The Labute approximate surface area is 169 Å². The normalized spacial score (nSPS) is 20.4. The van der Waals surface area contributed by atoms with Crippen molar-refractivity contribution in [1.82, 2.24) is 19.8 Å². The molecule has 2 aliphatic rings. The molecule has 2 aliphatic heterocycles. The number of nitrogens with one attached hydrogen (secondary N) is 1. The summed E-state index contributed by atoms with van der Waals surface area (Å²) in [6, 6.07) is 4.20. The summed E-state index contributed by atoms with van der Waals surface area (Å²) in [5.74, 6) is 1.08. The number of hydrogen-bond acceptors (Lipinski definition) is 5. The molecule has 1 saturated heterocycles. The third-order valence-electron chi connectivity index (χ3n) is 5.74. The van der Waals surface area contributed by atoms with Gasteiger partial charge in [0.25, 0.3) is 5.56 Å². The van der Waals surface area contributed by atoms with E-state index < -0.39 is 0 Å². The Kier molecular flexibility index (Phi) is 5.64. The lowest BCUT2D eigenvalue weighted by atomic mass is 9.95. The predicted molar refractivity (Wildman–Crippen MR) is 110 cm³/mol. The number of H-pyrrole nitrogens is 1. The lowest BCUT2D eigenvalue weighted by Crippen LogP contribution is -2.42. The maximum Gasteiger partial charge on any atom is 0.255 e. The van der Waals surface area contributed by atoms with Gasteiger partial charge in [0.05, 0.1) is 11.3 Å². The highest BCUT2D eigenvalue weighted by Crippen LogP contribution is 2.26. The first-order chi connectivity index (χ1) is 13.5. The van der Waals surface area contributed by atoms with E-state index in [-0.39, 0.29) is 23.3 Å². The Balaban J connectivity index is 1.50. The zero-order valence-electron chi connectivity index (χ0n) is 16.6. The molecule has 4 rings (SSSR count). The van der Waals surface area contributed by atoms with E-state index in [9.17, 15) is 9.59 Å². The summed E-state index contributed by atoms with van der Waals surface area (Å²) in [6.45, 7) is 7.79. The molecule has 1 fully saturated rings. The number of fused-ring (bicyclic) bond motifs is 1. The van der Waals surface area contributed by atoms with Gasteiger partial charge in [0.15, 0.2) is 0 Å². The molecule has 0 unspecified atom stereocenters. The van der Waals surface area contributed by atoms with Crippen molar-refractivity contribution in [3.63, 3.8) is 0 Å². The number of aromatic nitrogens is 2. The van der Waals surface area contributed by atoms with Crippen LogP contribution in [0.3, 0.4) is 0 Å². The van der Waals surface area contributed by atoms with Gasteiger partial charge in [-0.1, -0.05) is 19.9 Å². The number of piperidine rings is 1. The van der Waals surface area contributed by atoms with Crippen LogP contribution >= 0.6 is 11.3 Å². The summed E-state index contributed by atoms with van der Waals surface area (Å²) in [5, 5.41) is 2.09. The molecule has 2 aromatic heterocycles. The molecule has 150 valence electrons. The van der Waals surface area contributed by atoms with Gasteiger partial charge in [-0.05, 0) is 24.3 Å². The van der Waals surface area contributed by atoms with Gasteiger partial charge in [-0.3, -0.25) is 14.5 Å². The van der Waals surface area contributed by atoms with Crippen LogP contribution in [0.2, 0.25) is 0 Å². The second kappa shape index (κ2) is 8.17. The zero-order chi connectivity index (χ0) is 19.7. The van der Waals surface area contributed by atoms with Crippen LogP contribution in [0, 0.1) is 5.92 Å². The highest BCUT2D eigenvalue weighted by atomic mass is 32.1. The molecule has 0 saturated carbocycles. The van der Waals surface area contributed by atoms with E-state index in [1.807, 2.05) is 18.7 Å². The Morgan fingerprint density at radius 1 is 1.39 bits per heavy atom. The van der Waals surface area contributed by atoms with E-state index in [0.717, 1.165) is 56.0 Å². The van der Waals surface area contributed by atoms with Gasteiger partial charge in [0, 0.05) is 55.9 Å². The van der Waals surface area contributed by atoms with Crippen molar-refractivity contribution in [2.24, 2.45) is 5.92 Å². The smallest absolute Gasteiger partial charge is 0.255 e. The molecule has 0 spiro atoms. The minimum atomic E-state index is -0.0109. The largest absolute Gasteiger partial charge is 0.342 e. The standard InChI is InChI=1S/C21H28N4O2S/c1-14(2)21(27)25-8-3-5-15(11-25)19-22-18-7-9-24(12-16-6-4-10-28-16)13-17(18)20(26)23-19/h4,6,10,14-15H,3,5,7-9,11-13H2,1-2H3,(H,22,23,26)/t15-/m0/s1. The molecule has 1 amide bonds. The quantitative estimate of drug-likeness (QED) is 0.857. The van der Waals surface area contributed by atoms with Crippen LogP contribution in [0.4, 0.5) is 0 Å². The van der Waals surface area contributed by atoms with E-state index in [4.69, 9.17) is 4.98 Å². The van der Waals surface area contributed by atoms with Crippen LogP contribution < -0.4 is 5.56 Å². The first-order valence-electron chi connectivity index (χ1n) is 10.2. The van der Waals surface area contributed by atoms with E-state index in [1.165, 1.54) is 4.88 Å². The van der Waals surface area contributed by atoms with Gasteiger partial charge in [0.2, 0.25) is 5.91 Å². The lowest BCUT2D eigenvalue weighted by molar-refractivity contribution is -0.135. The number of carbonyl (C=O) groups excluding carboxylic acids is 1. The van der Waals surface area contributed by atoms with Crippen molar-refractivity contribution in [3.8, 4) is 0 Å². The van der Waals surface area contributed by atoms with Gasteiger partial charge < -0.3 is 9.88 Å². The van der Waals surface area contributed by atoms with Gasteiger partial charge >= 0.3 is 0 Å². The third-order valence-corrected chi connectivity index (χ3v) is 6.60. The second-order valence-corrected chi connectivity index (χ2v) is 9.23. The number of likely N-dealkylation sites (tertiary alicyclic amines) is 1. The molecule has 1 N–H and O–H groups in total. The molecule has 2 aromatic rings. The van der Waals surface area contributed by atoms with Crippen LogP contribution in [-0.4, -0.2) is 45.3 Å². The maximum absolute atomic E-state index is 12.8. The van der Waals surface area contributed by atoms with E-state index in [0.29, 0.717) is 13.1 Å². The first kappa shape index (κ1) is 19.3. The van der Waals surface area contributed by atoms with Crippen LogP contribution in [0.5, 0.6) is 0 Å². The summed E-state index contributed by atoms with van der Waals surface area (Å²) in [4.78, 5) is 38.6. The number of aromatic amines is 1. The number of thiophene rings is 1. The summed E-state index contributed by atoms with van der Waals surface area (Å²) >= 11 is 1.75. The fourth-order valence-electron chi connectivity index (χ4n) is 4.22. The van der Waals surface area contributed by atoms with Crippen molar-refractivity contribution in [3.05, 3.63) is 49.8 Å². The van der Waals surface area contributed by atoms with Gasteiger partial charge in [0.1, 0.15) is 5.82 Å². The number of carbonyl (C=O) groups is 1. The molecule has 7 heteroatoms. The van der Waals surface area contributed by atoms with E-state index in [2.05, 4.69) is 27.4 Å². The van der Waals surface area contributed by atoms with Crippen LogP contribution in [0.25, 0.3) is 0 Å². The molecule has 6 nitrogen and oxygen atoms in total. The average Bonchev–Trinajstić information content (AvgIpc) is 3.20. The van der Waals surface area contributed by atoms with Gasteiger partial charge in [-0.25, -0.2) is 4.98 Å². The molecular formula is C21H28N4O2S. The maximum atomic E-state index is 12.8. The molecule has 0 radical (unpaired) electrons. The molecule has 4 heterocycles. The molecule has 0 bridgehead atoms. The topological polar surface area (TPSA) is 69.3 Å². The Morgan fingerprint density at radius 3 is 3.00 bits per heavy atom. The van der Waals surface area contributed by atoms with Crippen LogP contribution in [0.15, 0.2) is 22.3 Å². The summed E-state index contributed by atoms with van der Waals surface area (Å²) in [7, 11) is 0. The van der Waals surface area contributed by atoms with E-state index in [1.54, 1.807) is 11.3 Å². The van der Waals surface area contributed by atoms with Gasteiger partial charge in [-0.2, -0.15) is 0 Å². The Hall–Kier alpha value is -1.99. The van der Waals surface area contributed by atoms with Crippen molar-refractivity contribution < 1.29 is 4.79 Å². The molecular weight excluding hydrogens is 372 g/mol. The monoisotopic (exact) mass is 400 g/mol. The Bertz CT molecular complexity index is 890. The van der Waals surface area contributed by atoms with Crippen molar-refractivity contribution in [2.45, 2.75) is 52.1 Å². The third kappa shape index (κ3) is 4.05. The highest BCUT2D eigenvalue weighted by molar-refractivity contribution is 7.09. The first-order valence-corrected chi connectivity index (χ1v) is 11.0. The van der Waals surface area contributed by atoms with Crippen LogP contribution in [0.1, 0.15) is 54.6 Å². The fourth-order valence-corrected chi connectivity index (χ4v) is 4.96. The lowest BCUT2D eigenvalue weighted by Gasteiger charge is -2.34. The summed E-state index contributed by atoms with van der Waals surface area (Å²) in [5.41, 5.74) is 1.73. The SMILES string of the molecule is CC(C)C(=O)N1CCC[C@H](c2nc3c(c(=O)[nH]2)CN(Cc2cccs2)CC3)C1. The zero-order valence-corrected chi connectivity index (χ0v) is 17.4. The number of rotatable bonds is 4. The highest BCUT2D eigenvalue weighted by Gasteiger charge is 2.29. The predicted octanol–water partition coefficient (Wildman–Crippen LogP) is 2.75. The number of nitrogens with zero attached hydrogens (tertiary/aromatic N) is 3. The fraction of sp³-hybridized carbons (Fsp3) is 0.571. The molecule has 1 atom stereocenters. The average molecular weight is 401 g/mol. The van der Waals surface area contributed by atoms with Crippen molar-refractivity contribution in [1.29, 1.82) is 0 Å². The van der Waals surface area contributed by atoms with Crippen molar-refractivity contribution in [2.75, 3.05) is 19.6 Å².